The predicted molar refractivity (Wildman–Crippen MR) is 54.1 cm³/mol. The van der Waals surface area contributed by atoms with Crippen molar-refractivity contribution in [3.05, 3.63) is 28.8 Å². The zero-order valence-corrected chi connectivity index (χ0v) is 8.71. The summed E-state index contributed by atoms with van der Waals surface area (Å²) in [6.07, 6.45) is 0. The number of hydrogen-bond donors (Lipinski definition) is 1. The molecule has 0 aromatic heterocycles. The van der Waals surface area contributed by atoms with Gasteiger partial charge in [0, 0.05) is 10.6 Å². The minimum Gasteiger partial charge on any atom is -0.496 e. The zero-order chi connectivity index (χ0) is 10.4. The van der Waals surface area contributed by atoms with Crippen LogP contribution in [0.5, 0.6) is 5.75 Å². The molecule has 0 amide bonds. The van der Waals surface area contributed by atoms with E-state index < -0.39 is 0 Å². The van der Waals surface area contributed by atoms with Gasteiger partial charge in [0.1, 0.15) is 18.4 Å². The van der Waals surface area contributed by atoms with Crippen molar-refractivity contribution in [2.75, 3.05) is 13.7 Å². The van der Waals surface area contributed by atoms with Crippen molar-refractivity contribution in [2.24, 2.45) is 0 Å². The Balaban J connectivity index is 2.73. The summed E-state index contributed by atoms with van der Waals surface area (Å²) in [6.45, 7) is 1.15. The molecule has 0 aliphatic rings. The molecular weight excluding hydrogens is 200 g/mol. The van der Waals surface area contributed by atoms with Crippen molar-refractivity contribution in [1.82, 2.24) is 0 Å². The Bertz CT molecular complexity index is 346. The molecule has 0 saturated heterocycles. The Morgan fingerprint density at radius 2 is 2.36 bits per heavy atom. The molecule has 0 aliphatic carbocycles. The summed E-state index contributed by atoms with van der Waals surface area (Å²) in [5, 5.41) is 11.0. The third kappa shape index (κ3) is 2.91. The van der Waals surface area contributed by atoms with Gasteiger partial charge < -0.3 is 10.1 Å². The second-order valence-electron chi connectivity index (χ2n) is 2.81. The first-order chi connectivity index (χ1) is 6.77. The van der Waals surface area contributed by atoms with E-state index in [0.29, 0.717) is 18.1 Å². The minimum atomic E-state index is 0.440. The van der Waals surface area contributed by atoms with E-state index in [0.717, 1.165) is 11.3 Å². The van der Waals surface area contributed by atoms with E-state index in [2.05, 4.69) is 6.07 Å². The van der Waals surface area contributed by atoms with Crippen molar-refractivity contribution in [1.29, 1.82) is 5.26 Å². The van der Waals surface area contributed by atoms with Crippen LogP contribution in [0, 0.1) is 11.3 Å². The highest BCUT2D eigenvalue weighted by atomic mass is 35.5. The summed E-state index contributed by atoms with van der Waals surface area (Å²) < 4.78 is 5.17. The molecule has 3 nitrogen and oxygen atoms in total. The second-order valence-corrected chi connectivity index (χ2v) is 3.25. The largest absolute Gasteiger partial charge is 0.496 e. The van der Waals surface area contributed by atoms with E-state index in [1.165, 1.54) is 0 Å². The monoisotopic (exact) mass is 211 g/mol. The number of halogens is 1. The first kappa shape index (κ1) is 10.8. The molecule has 0 atom stereocenters. The standard InChI is InChI=1S/C10H11ClN2O/c1-14-10-3-2-9(11)6-8(10)7-13-5-4-12/h2-3,6,13H,5,7H2,1H3/p+1. The molecule has 0 unspecified atom stereocenters. The number of nitrogens with zero attached hydrogens (tertiary/aromatic N) is 1. The topological polar surface area (TPSA) is 49.6 Å². The highest BCUT2D eigenvalue weighted by Crippen LogP contribution is 2.21. The van der Waals surface area contributed by atoms with Crippen LogP contribution in [-0.4, -0.2) is 13.7 Å². The van der Waals surface area contributed by atoms with E-state index in [9.17, 15) is 0 Å². The van der Waals surface area contributed by atoms with E-state index >= 15 is 0 Å². The van der Waals surface area contributed by atoms with Gasteiger partial charge in [-0.15, -0.1) is 0 Å². The Morgan fingerprint density at radius 3 is 3.00 bits per heavy atom. The maximum Gasteiger partial charge on any atom is 0.163 e. The van der Waals surface area contributed by atoms with Crippen LogP contribution >= 0.6 is 11.6 Å². The van der Waals surface area contributed by atoms with Gasteiger partial charge in [0.25, 0.3) is 0 Å². The third-order valence-corrected chi connectivity index (χ3v) is 2.08. The van der Waals surface area contributed by atoms with Crippen molar-refractivity contribution in [3.8, 4) is 11.8 Å². The molecule has 0 radical (unpaired) electrons. The first-order valence-corrected chi connectivity index (χ1v) is 4.66. The summed E-state index contributed by atoms with van der Waals surface area (Å²) in [7, 11) is 1.62. The lowest BCUT2D eigenvalue weighted by Crippen LogP contribution is -2.82. The molecular formula is C10H12ClN2O+. The van der Waals surface area contributed by atoms with Crippen LogP contribution in [0.1, 0.15) is 5.56 Å². The van der Waals surface area contributed by atoms with Crippen LogP contribution in [0.15, 0.2) is 18.2 Å². The van der Waals surface area contributed by atoms with E-state index in [1.54, 1.807) is 13.2 Å². The fourth-order valence-corrected chi connectivity index (χ4v) is 1.39. The van der Waals surface area contributed by atoms with Gasteiger partial charge in [0.05, 0.1) is 7.11 Å². The van der Waals surface area contributed by atoms with Crippen LogP contribution < -0.4 is 10.1 Å². The van der Waals surface area contributed by atoms with Crippen LogP contribution in [0.4, 0.5) is 0 Å². The van der Waals surface area contributed by atoms with Gasteiger partial charge in [-0.2, -0.15) is 5.26 Å². The van der Waals surface area contributed by atoms with Crippen LogP contribution in [-0.2, 0) is 6.54 Å². The quantitative estimate of drug-likeness (QED) is 0.595. The van der Waals surface area contributed by atoms with Gasteiger partial charge in [-0.3, -0.25) is 0 Å². The Labute approximate surface area is 88.3 Å². The van der Waals surface area contributed by atoms with E-state index in [1.807, 2.05) is 17.4 Å². The molecule has 0 saturated carbocycles. The predicted octanol–water partition coefficient (Wildman–Crippen LogP) is 0.936. The molecule has 1 aromatic rings. The van der Waals surface area contributed by atoms with Gasteiger partial charge in [-0.25, -0.2) is 0 Å². The van der Waals surface area contributed by atoms with Gasteiger partial charge in [-0.1, -0.05) is 11.6 Å². The van der Waals surface area contributed by atoms with Crippen molar-refractivity contribution in [3.63, 3.8) is 0 Å². The number of nitriles is 1. The average Bonchev–Trinajstić information content (AvgIpc) is 2.19. The van der Waals surface area contributed by atoms with Gasteiger partial charge in [0.15, 0.2) is 6.54 Å². The fourth-order valence-electron chi connectivity index (χ4n) is 1.20. The average molecular weight is 212 g/mol. The van der Waals surface area contributed by atoms with Gasteiger partial charge in [0.2, 0.25) is 0 Å². The Morgan fingerprint density at radius 1 is 1.57 bits per heavy atom. The summed E-state index contributed by atoms with van der Waals surface area (Å²) in [4.78, 5) is 0. The normalized spacial score (nSPS) is 9.50. The lowest BCUT2D eigenvalue weighted by Gasteiger charge is -2.06. The summed E-state index contributed by atoms with van der Waals surface area (Å²) in [5.74, 6) is 0.809. The molecule has 2 N–H and O–H groups in total. The third-order valence-electron chi connectivity index (χ3n) is 1.84. The molecule has 0 aliphatic heterocycles. The number of benzene rings is 1. The van der Waals surface area contributed by atoms with Crippen molar-refractivity contribution < 1.29 is 10.1 Å². The number of quaternary nitrogens is 1. The maximum atomic E-state index is 8.39. The summed E-state index contributed by atoms with van der Waals surface area (Å²) >= 11 is 5.85. The molecule has 0 bridgehead atoms. The Hall–Kier alpha value is -1.24. The zero-order valence-electron chi connectivity index (χ0n) is 7.96. The van der Waals surface area contributed by atoms with Crippen LogP contribution in [0.3, 0.4) is 0 Å². The van der Waals surface area contributed by atoms with Crippen LogP contribution in [0.2, 0.25) is 5.02 Å². The molecule has 14 heavy (non-hydrogen) atoms. The molecule has 4 heteroatoms. The SMILES string of the molecule is COc1ccc(Cl)cc1C[NH2+]CC#N. The van der Waals surface area contributed by atoms with E-state index in [-0.39, 0.29) is 0 Å². The first-order valence-electron chi connectivity index (χ1n) is 4.29. The molecule has 0 heterocycles. The summed E-state index contributed by atoms with van der Waals surface area (Å²) in [5.41, 5.74) is 1.01. The molecule has 74 valence electrons. The van der Waals surface area contributed by atoms with Gasteiger partial charge >= 0.3 is 0 Å². The number of ether oxygens (including phenoxy) is 1. The molecule has 1 rings (SSSR count). The van der Waals surface area contributed by atoms with Gasteiger partial charge in [-0.05, 0) is 18.2 Å². The lowest BCUT2D eigenvalue weighted by atomic mass is 10.2. The number of nitrogens with two attached hydrogens (primary N) is 1. The van der Waals surface area contributed by atoms with Crippen molar-refractivity contribution >= 4 is 11.6 Å². The smallest absolute Gasteiger partial charge is 0.163 e. The Kier molecular flexibility index (Phi) is 4.24. The molecule has 0 fully saturated rings. The second kappa shape index (κ2) is 5.48. The van der Waals surface area contributed by atoms with Crippen molar-refractivity contribution in [2.45, 2.75) is 6.54 Å². The highest BCUT2D eigenvalue weighted by molar-refractivity contribution is 6.30. The molecule has 0 spiro atoms. The minimum absolute atomic E-state index is 0.440. The van der Waals surface area contributed by atoms with E-state index in [4.69, 9.17) is 21.6 Å². The maximum absolute atomic E-state index is 8.39. The number of rotatable bonds is 4. The molecule has 1 aromatic carbocycles. The lowest BCUT2D eigenvalue weighted by molar-refractivity contribution is -0.660. The highest BCUT2D eigenvalue weighted by Gasteiger charge is 2.04. The summed E-state index contributed by atoms with van der Waals surface area (Å²) in [6, 6.07) is 7.53. The van der Waals surface area contributed by atoms with Crippen LogP contribution in [0.25, 0.3) is 0 Å². The fraction of sp³-hybridized carbons (Fsp3) is 0.300. The number of hydrogen-bond acceptors (Lipinski definition) is 2. The number of methoxy groups -OCH3 is 1.